The van der Waals surface area contributed by atoms with Gasteiger partial charge < -0.3 is 9.47 Å². The summed E-state index contributed by atoms with van der Waals surface area (Å²) in [6, 6.07) is 25.8. The predicted octanol–water partition coefficient (Wildman–Crippen LogP) is 6.14. The molecule has 0 aliphatic heterocycles. The average Bonchev–Trinajstić information content (AvgIpc) is 2.72. The van der Waals surface area contributed by atoms with Gasteiger partial charge in [-0.25, -0.2) is 4.98 Å². The SMILES string of the molecule is COc1ccc(-c2cc3ccc(OCc4ccccc4)cc3nc2Cl)cc1. The van der Waals surface area contributed by atoms with Crippen LogP contribution in [0.1, 0.15) is 5.56 Å². The lowest BCUT2D eigenvalue weighted by Gasteiger charge is -2.10. The van der Waals surface area contributed by atoms with Crippen molar-refractivity contribution in [2.75, 3.05) is 7.11 Å². The summed E-state index contributed by atoms with van der Waals surface area (Å²) in [5, 5.41) is 1.48. The molecular formula is C23H18ClNO2. The highest BCUT2D eigenvalue weighted by Crippen LogP contribution is 2.32. The Morgan fingerprint density at radius 3 is 2.33 bits per heavy atom. The molecule has 0 spiro atoms. The van der Waals surface area contributed by atoms with Crippen molar-refractivity contribution < 1.29 is 9.47 Å². The van der Waals surface area contributed by atoms with E-state index in [9.17, 15) is 0 Å². The smallest absolute Gasteiger partial charge is 0.137 e. The molecule has 0 bridgehead atoms. The third-order valence-corrected chi connectivity index (χ3v) is 4.68. The molecule has 0 N–H and O–H groups in total. The first kappa shape index (κ1) is 17.4. The summed E-state index contributed by atoms with van der Waals surface area (Å²) in [6.07, 6.45) is 0. The second-order valence-corrected chi connectivity index (χ2v) is 6.54. The lowest BCUT2D eigenvalue weighted by molar-refractivity contribution is 0.306. The van der Waals surface area contributed by atoms with Crippen LogP contribution in [-0.4, -0.2) is 12.1 Å². The van der Waals surface area contributed by atoms with E-state index in [2.05, 4.69) is 4.98 Å². The van der Waals surface area contributed by atoms with Gasteiger partial charge in [0.1, 0.15) is 23.3 Å². The van der Waals surface area contributed by atoms with Crippen LogP contribution in [0.15, 0.2) is 78.9 Å². The number of aromatic nitrogens is 1. The van der Waals surface area contributed by atoms with Gasteiger partial charge in [0, 0.05) is 17.0 Å². The third kappa shape index (κ3) is 3.88. The maximum Gasteiger partial charge on any atom is 0.137 e. The van der Waals surface area contributed by atoms with E-state index in [1.807, 2.05) is 78.9 Å². The van der Waals surface area contributed by atoms with Gasteiger partial charge in [-0.15, -0.1) is 0 Å². The van der Waals surface area contributed by atoms with Crippen LogP contribution in [0, 0.1) is 0 Å². The number of nitrogens with zero attached hydrogens (tertiary/aromatic N) is 1. The molecule has 1 heterocycles. The fourth-order valence-corrected chi connectivity index (χ4v) is 3.18. The lowest BCUT2D eigenvalue weighted by Crippen LogP contribution is -1.95. The Balaban J connectivity index is 1.61. The normalized spacial score (nSPS) is 10.7. The third-order valence-electron chi connectivity index (χ3n) is 4.39. The monoisotopic (exact) mass is 375 g/mol. The minimum Gasteiger partial charge on any atom is -0.497 e. The minimum atomic E-state index is 0.466. The molecule has 0 saturated carbocycles. The number of rotatable bonds is 5. The van der Waals surface area contributed by atoms with Crippen molar-refractivity contribution in [3.63, 3.8) is 0 Å². The summed E-state index contributed by atoms with van der Waals surface area (Å²) < 4.78 is 11.1. The number of hydrogen-bond acceptors (Lipinski definition) is 3. The molecule has 134 valence electrons. The molecule has 3 nitrogen and oxygen atoms in total. The zero-order chi connectivity index (χ0) is 18.6. The van der Waals surface area contributed by atoms with Crippen LogP contribution in [-0.2, 0) is 6.61 Å². The second-order valence-electron chi connectivity index (χ2n) is 6.18. The number of pyridine rings is 1. The van der Waals surface area contributed by atoms with Crippen molar-refractivity contribution in [2.24, 2.45) is 0 Å². The summed E-state index contributed by atoms with van der Waals surface area (Å²) in [4.78, 5) is 4.56. The van der Waals surface area contributed by atoms with Gasteiger partial charge in [0.15, 0.2) is 0 Å². The number of hydrogen-bond donors (Lipinski definition) is 0. The number of halogens is 1. The first-order chi connectivity index (χ1) is 13.2. The Bertz CT molecular complexity index is 1060. The topological polar surface area (TPSA) is 31.4 Å². The van der Waals surface area contributed by atoms with Crippen molar-refractivity contribution in [3.05, 3.63) is 89.6 Å². The van der Waals surface area contributed by atoms with E-state index in [4.69, 9.17) is 21.1 Å². The van der Waals surface area contributed by atoms with Crippen LogP contribution in [0.4, 0.5) is 0 Å². The number of benzene rings is 3. The van der Waals surface area contributed by atoms with Crippen molar-refractivity contribution in [1.29, 1.82) is 0 Å². The molecule has 0 amide bonds. The molecule has 0 fully saturated rings. The molecule has 0 unspecified atom stereocenters. The first-order valence-electron chi connectivity index (χ1n) is 8.64. The van der Waals surface area contributed by atoms with Crippen LogP contribution in [0.2, 0.25) is 5.15 Å². The van der Waals surface area contributed by atoms with Crippen LogP contribution >= 0.6 is 11.6 Å². The summed E-state index contributed by atoms with van der Waals surface area (Å²) in [6.45, 7) is 0.518. The van der Waals surface area contributed by atoms with Gasteiger partial charge in [0.2, 0.25) is 0 Å². The molecule has 0 aliphatic carbocycles. The average molecular weight is 376 g/mol. The summed E-state index contributed by atoms with van der Waals surface area (Å²) in [5.74, 6) is 1.58. The fourth-order valence-electron chi connectivity index (χ4n) is 2.93. The van der Waals surface area contributed by atoms with Crippen molar-refractivity contribution in [1.82, 2.24) is 4.98 Å². The van der Waals surface area contributed by atoms with Gasteiger partial charge in [0.25, 0.3) is 0 Å². The zero-order valence-corrected chi connectivity index (χ0v) is 15.6. The molecule has 27 heavy (non-hydrogen) atoms. The standard InChI is InChI=1S/C23H18ClNO2/c1-26-19-10-7-17(8-11-19)21-13-18-9-12-20(14-22(18)25-23(21)24)27-15-16-5-3-2-4-6-16/h2-14H,15H2,1H3. The van der Waals surface area contributed by atoms with E-state index in [0.29, 0.717) is 11.8 Å². The zero-order valence-electron chi connectivity index (χ0n) is 14.9. The van der Waals surface area contributed by atoms with E-state index in [-0.39, 0.29) is 0 Å². The van der Waals surface area contributed by atoms with Gasteiger partial charge in [0.05, 0.1) is 12.6 Å². The molecule has 4 aromatic rings. The highest BCUT2D eigenvalue weighted by atomic mass is 35.5. The minimum absolute atomic E-state index is 0.466. The first-order valence-corrected chi connectivity index (χ1v) is 9.02. The number of methoxy groups -OCH3 is 1. The van der Waals surface area contributed by atoms with Crippen molar-refractivity contribution in [2.45, 2.75) is 6.61 Å². The molecule has 0 aliphatic rings. The largest absolute Gasteiger partial charge is 0.497 e. The van der Waals surface area contributed by atoms with Crippen LogP contribution in [0.5, 0.6) is 11.5 Å². The van der Waals surface area contributed by atoms with E-state index in [1.54, 1.807) is 7.11 Å². The Hall–Kier alpha value is -3.04. The van der Waals surface area contributed by atoms with Gasteiger partial charge in [-0.2, -0.15) is 0 Å². The highest BCUT2D eigenvalue weighted by Gasteiger charge is 2.09. The van der Waals surface area contributed by atoms with Crippen LogP contribution < -0.4 is 9.47 Å². The Morgan fingerprint density at radius 1 is 0.852 bits per heavy atom. The van der Waals surface area contributed by atoms with Gasteiger partial charge in [-0.05, 0) is 41.5 Å². The van der Waals surface area contributed by atoms with Gasteiger partial charge in [-0.1, -0.05) is 54.1 Å². The highest BCUT2D eigenvalue weighted by molar-refractivity contribution is 6.32. The molecule has 4 heteroatoms. The molecule has 1 aromatic heterocycles. The molecular weight excluding hydrogens is 358 g/mol. The summed E-state index contributed by atoms with van der Waals surface area (Å²) >= 11 is 6.45. The molecule has 0 radical (unpaired) electrons. The molecule has 0 atom stereocenters. The molecule has 3 aromatic carbocycles. The number of ether oxygens (including phenoxy) is 2. The molecule has 4 rings (SSSR count). The van der Waals surface area contributed by atoms with E-state index in [1.165, 1.54) is 0 Å². The van der Waals surface area contributed by atoms with Gasteiger partial charge in [-0.3, -0.25) is 0 Å². The second kappa shape index (κ2) is 7.68. The van der Waals surface area contributed by atoms with Crippen LogP contribution in [0.25, 0.3) is 22.0 Å². The lowest BCUT2D eigenvalue weighted by atomic mass is 10.1. The summed E-state index contributed by atoms with van der Waals surface area (Å²) in [5.41, 5.74) is 3.82. The quantitative estimate of drug-likeness (QED) is 0.392. The summed E-state index contributed by atoms with van der Waals surface area (Å²) in [7, 11) is 1.65. The number of fused-ring (bicyclic) bond motifs is 1. The van der Waals surface area contributed by atoms with E-state index in [0.717, 1.165) is 39.1 Å². The Morgan fingerprint density at radius 2 is 1.59 bits per heavy atom. The fraction of sp³-hybridized carbons (Fsp3) is 0.0870. The maximum absolute atomic E-state index is 6.45. The van der Waals surface area contributed by atoms with Crippen LogP contribution in [0.3, 0.4) is 0 Å². The van der Waals surface area contributed by atoms with Gasteiger partial charge >= 0.3 is 0 Å². The van der Waals surface area contributed by atoms with E-state index >= 15 is 0 Å². The van der Waals surface area contributed by atoms with Crippen molar-refractivity contribution in [3.8, 4) is 22.6 Å². The molecule has 0 saturated heterocycles. The maximum atomic E-state index is 6.45. The van der Waals surface area contributed by atoms with Crippen molar-refractivity contribution >= 4 is 22.5 Å². The Kier molecular flexibility index (Phi) is 4.95. The van der Waals surface area contributed by atoms with E-state index < -0.39 is 0 Å². The predicted molar refractivity (Wildman–Crippen MR) is 110 cm³/mol. The Labute approximate surface area is 163 Å².